The molecule has 5 nitrogen and oxygen atoms in total. The summed E-state index contributed by atoms with van der Waals surface area (Å²) in [5, 5.41) is 0. The fraction of sp³-hybridized carbons (Fsp3) is 0.538. The van der Waals surface area contributed by atoms with Crippen molar-refractivity contribution < 1.29 is 26.3 Å². The van der Waals surface area contributed by atoms with Crippen LogP contribution in [0.3, 0.4) is 0 Å². The molecule has 1 aliphatic rings. The largest absolute Gasteiger partial charge is 0.432 e. The highest BCUT2D eigenvalue weighted by atomic mass is 35.5. The van der Waals surface area contributed by atoms with Crippen LogP contribution in [-0.4, -0.2) is 27.1 Å². The van der Waals surface area contributed by atoms with Crippen LogP contribution in [0.2, 0.25) is 0 Å². The Morgan fingerprint density at radius 1 is 1.30 bits per heavy atom. The standard InChI is InChI=1S/C13H17F3N2O3S.ClH/c14-11-7-10(4-5-12(11)21-13(15)16)22(19,20)18-9-3-1-2-8(17)6-9;/h4-5,7-9,13,18H,1-3,6,17H2;1H. The number of sulfonamides is 1. The van der Waals surface area contributed by atoms with Gasteiger partial charge < -0.3 is 10.5 Å². The maximum atomic E-state index is 13.6. The number of halogens is 4. The molecule has 1 saturated carbocycles. The highest BCUT2D eigenvalue weighted by Gasteiger charge is 2.25. The first-order valence-electron chi connectivity index (χ1n) is 6.80. The average Bonchev–Trinajstić information content (AvgIpc) is 2.40. The minimum Gasteiger partial charge on any atom is -0.432 e. The van der Waals surface area contributed by atoms with Gasteiger partial charge >= 0.3 is 6.61 Å². The third-order valence-electron chi connectivity index (χ3n) is 3.47. The molecule has 0 saturated heterocycles. The smallest absolute Gasteiger partial charge is 0.387 e. The summed E-state index contributed by atoms with van der Waals surface area (Å²) in [6.45, 7) is -3.18. The van der Waals surface area contributed by atoms with Gasteiger partial charge in [0.1, 0.15) is 0 Å². The van der Waals surface area contributed by atoms with Crippen molar-refractivity contribution in [3.05, 3.63) is 24.0 Å². The molecule has 0 aliphatic heterocycles. The van der Waals surface area contributed by atoms with Gasteiger partial charge in [-0.1, -0.05) is 6.42 Å². The second-order valence-electron chi connectivity index (χ2n) is 5.22. The van der Waals surface area contributed by atoms with Crippen LogP contribution < -0.4 is 15.2 Å². The lowest BCUT2D eigenvalue weighted by Gasteiger charge is -2.27. The summed E-state index contributed by atoms with van der Waals surface area (Å²) in [5.74, 6) is -1.86. The number of ether oxygens (including phenoxy) is 1. The fourth-order valence-corrected chi connectivity index (χ4v) is 3.76. The molecule has 1 aliphatic carbocycles. The molecule has 23 heavy (non-hydrogen) atoms. The lowest BCUT2D eigenvalue weighted by Crippen LogP contribution is -2.42. The molecular formula is C13H18ClF3N2O3S. The molecule has 1 fully saturated rings. The number of benzene rings is 1. The summed E-state index contributed by atoms with van der Waals surface area (Å²) in [6.07, 6.45) is 2.81. The third-order valence-corrected chi connectivity index (χ3v) is 4.98. The fourth-order valence-electron chi connectivity index (χ4n) is 2.46. The highest BCUT2D eigenvalue weighted by Crippen LogP contribution is 2.24. The van der Waals surface area contributed by atoms with E-state index in [0.29, 0.717) is 18.9 Å². The number of rotatable bonds is 5. The summed E-state index contributed by atoms with van der Waals surface area (Å²) < 4.78 is 68.5. The highest BCUT2D eigenvalue weighted by molar-refractivity contribution is 7.89. The van der Waals surface area contributed by atoms with E-state index in [9.17, 15) is 21.6 Å². The first kappa shape index (κ1) is 20.0. The number of hydrogen-bond donors (Lipinski definition) is 2. The van der Waals surface area contributed by atoms with Gasteiger partial charge in [0.2, 0.25) is 10.0 Å². The van der Waals surface area contributed by atoms with E-state index < -0.39 is 28.2 Å². The van der Waals surface area contributed by atoms with Crippen molar-refractivity contribution >= 4 is 22.4 Å². The molecule has 2 rings (SSSR count). The maximum Gasteiger partial charge on any atom is 0.387 e. The van der Waals surface area contributed by atoms with Crippen molar-refractivity contribution in [3.63, 3.8) is 0 Å². The molecule has 0 spiro atoms. The molecule has 0 amide bonds. The molecule has 132 valence electrons. The van der Waals surface area contributed by atoms with Crippen LogP contribution in [0, 0.1) is 5.82 Å². The van der Waals surface area contributed by atoms with Crippen molar-refractivity contribution in [1.29, 1.82) is 0 Å². The molecular weight excluding hydrogens is 357 g/mol. The topological polar surface area (TPSA) is 81.4 Å². The molecule has 1 aromatic rings. The number of nitrogens with one attached hydrogen (secondary N) is 1. The molecule has 2 unspecified atom stereocenters. The van der Waals surface area contributed by atoms with Gasteiger partial charge in [-0.3, -0.25) is 0 Å². The van der Waals surface area contributed by atoms with E-state index >= 15 is 0 Å². The Balaban J connectivity index is 0.00000264. The van der Waals surface area contributed by atoms with Gasteiger partial charge in [-0.05, 0) is 37.5 Å². The second-order valence-corrected chi connectivity index (χ2v) is 6.93. The number of hydrogen-bond acceptors (Lipinski definition) is 4. The van der Waals surface area contributed by atoms with Gasteiger partial charge in [0.15, 0.2) is 11.6 Å². The van der Waals surface area contributed by atoms with E-state index in [0.717, 1.165) is 25.0 Å². The molecule has 0 heterocycles. The van der Waals surface area contributed by atoms with Crippen LogP contribution in [0.5, 0.6) is 5.75 Å². The van der Waals surface area contributed by atoms with Gasteiger partial charge in [0, 0.05) is 12.1 Å². The first-order valence-corrected chi connectivity index (χ1v) is 8.28. The van der Waals surface area contributed by atoms with Gasteiger partial charge in [-0.15, -0.1) is 12.4 Å². The van der Waals surface area contributed by atoms with Crippen LogP contribution in [0.25, 0.3) is 0 Å². The normalized spacial score (nSPS) is 21.8. The van der Waals surface area contributed by atoms with E-state index in [1.807, 2.05) is 0 Å². The Labute approximate surface area is 138 Å². The van der Waals surface area contributed by atoms with Crippen molar-refractivity contribution in [1.82, 2.24) is 4.72 Å². The summed E-state index contributed by atoms with van der Waals surface area (Å²) >= 11 is 0. The van der Waals surface area contributed by atoms with Crippen LogP contribution in [0.4, 0.5) is 13.2 Å². The zero-order valence-electron chi connectivity index (χ0n) is 12.0. The minimum atomic E-state index is -3.94. The second kappa shape index (κ2) is 8.18. The number of alkyl halides is 2. The SMILES string of the molecule is Cl.NC1CCCC(NS(=O)(=O)c2ccc(OC(F)F)c(F)c2)C1. The predicted octanol–water partition coefficient (Wildman–Crippen LogP) is 2.40. The van der Waals surface area contributed by atoms with Crippen molar-refractivity contribution in [2.75, 3.05) is 0 Å². The molecule has 3 N–H and O–H groups in total. The van der Waals surface area contributed by atoms with Gasteiger partial charge in [0.25, 0.3) is 0 Å². The van der Waals surface area contributed by atoms with Gasteiger partial charge in [-0.25, -0.2) is 17.5 Å². The Hall–Kier alpha value is -1.03. The lowest BCUT2D eigenvalue weighted by molar-refractivity contribution is -0.0522. The lowest BCUT2D eigenvalue weighted by atomic mass is 9.92. The molecule has 0 aromatic heterocycles. The molecule has 2 atom stereocenters. The maximum absolute atomic E-state index is 13.6. The summed E-state index contributed by atoms with van der Waals surface area (Å²) in [5.41, 5.74) is 5.79. The summed E-state index contributed by atoms with van der Waals surface area (Å²) in [7, 11) is -3.94. The predicted molar refractivity (Wildman–Crippen MR) is 80.8 cm³/mol. The minimum absolute atomic E-state index is 0. The Morgan fingerprint density at radius 3 is 2.57 bits per heavy atom. The van der Waals surface area contributed by atoms with E-state index in [2.05, 4.69) is 9.46 Å². The van der Waals surface area contributed by atoms with Crippen LogP contribution >= 0.6 is 12.4 Å². The molecule has 0 radical (unpaired) electrons. The summed E-state index contributed by atoms with van der Waals surface area (Å²) in [6, 6.07) is 2.16. The zero-order valence-corrected chi connectivity index (χ0v) is 13.7. The Morgan fingerprint density at radius 2 is 2.00 bits per heavy atom. The molecule has 1 aromatic carbocycles. The van der Waals surface area contributed by atoms with Crippen molar-refractivity contribution in [2.45, 2.75) is 49.3 Å². The Kier molecular flexibility index (Phi) is 7.12. The van der Waals surface area contributed by atoms with E-state index in [1.54, 1.807) is 0 Å². The van der Waals surface area contributed by atoms with Gasteiger partial charge in [-0.2, -0.15) is 8.78 Å². The van der Waals surface area contributed by atoms with E-state index in [-0.39, 0.29) is 29.4 Å². The molecule has 10 heteroatoms. The van der Waals surface area contributed by atoms with Gasteiger partial charge in [0.05, 0.1) is 4.90 Å². The van der Waals surface area contributed by atoms with Crippen molar-refractivity contribution in [3.8, 4) is 5.75 Å². The first-order chi connectivity index (χ1) is 10.3. The zero-order chi connectivity index (χ0) is 16.3. The van der Waals surface area contributed by atoms with Crippen LogP contribution in [0.15, 0.2) is 23.1 Å². The average molecular weight is 375 g/mol. The number of nitrogens with two attached hydrogens (primary N) is 1. The monoisotopic (exact) mass is 374 g/mol. The van der Waals surface area contributed by atoms with Crippen molar-refractivity contribution in [2.24, 2.45) is 5.73 Å². The van der Waals surface area contributed by atoms with Crippen LogP contribution in [0.1, 0.15) is 25.7 Å². The molecule has 0 bridgehead atoms. The quantitative estimate of drug-likeness (QED) is 0.829. The Bertz CT molecular complexity index is 631. The van der Waals surface area contributed by atoms with E-state index in [4.69, 9.17) is 5.73 Å². The van der Waals surface area contributed by atoms with E-state index in [1.165, 1.54) is 0 Å². The van der Waals surface area contributed by atoms with Crippen LogP contribution in [-0.2, 0) is 10.0 Å². The summed E-state index contributed by atoms with van der Waals surface area (Å²) in [4.78, 5) is -0.342. The third kappa shape index (κ3) is 5.52.